The van der Waals surface area contributed by atoms with Gasteiger partial charge in [0.2, 0.25) is 17.7 Å². The summed E-state index contributed by atoms with van der Waals surface area (Å²) < 4.78 is 5.31. The van der Waals surface area contributed by atoms with Gasteiger partial charge in [-0.05, 0) is 49.4 Å². The molecule has 8 heteroatoms. The zero-order valence-electron chi connectivity index (χ0n) is 16.3. The second-order valence-electron chi connectivity index (χ2n) is 6.21. The molecule has 0 saturated carbocycles. The van der Waals surface area contributed by atoms with Crippen LogP contribution >= 0.6 is 0 Å². The Morgan fingerprint density at radius 2 is 1.32 bits per heavy atom. The molecule has 0 bridgehead atoms. The summed E-state index contributed by atoms with van der Waals surface area (Å²) >= 11 is 0. The summed E-state index contributed by atoms with van der Waals surface area (Å²) in [6.07, 6.45) is 0. The molecule has 4 N–H and O–H groups in total. The molecule has 1 atom stereocenters. The van der Waals surface area contributed by atoms with Crippen molar-refractivity contribution in [1.29, 1.82) is 0 Å². The Bertz CT molecular complexity index is 865. The Morgan fingerprint density at radius 3 is 1.86 bits per heavy atom. The molecule has 0 radical (unpaired) electrons. The Hall–Kier alpha value is -3.55. The molecule has 0 aliphatic rings. The number of nitrogens with one attached hydrogen (secondary N) is 4. The van der Waals surface area contributed by atoms with E-state index in [1.54, 1.807) is 49.4 Å². The van der Waals surface area contributed by atoms with Gasteiger partial charge in [-0.15, -0.1) is 0 Å². The van der Waals surface area contributed by atoms with Crippen LogP contribution in [0.25, 0.3) is 0 Å². The number of hydrogen-bond donors (Lipinski definition) is 4. The smallest absolute Gasteiger partial charge is 0.246 e. The van der Waals surface area contributed by atoms with E-state index in [-0.39, 0.29) is 17.7 Å². The van der Waals surface area contributed by atoms with Crippen molar-refractivity contribution in [2.75, 3.05) is 28.4 Å². The average molecular weight is 384 g/mol. The van der Waals surface area contributed by atoms with Crippen LogP contribution in [0, 0.1) is 0 Å². The van der Waals surface area contributed by atoms with Gasteiger partial charge >= 0.3 is 0 Å². The Balaban J connectivity index is 2.05. The van der Waals surface area contributed by atoms with Gasteiger partial charge in [-0.25, -0.2) is 0 Å². The zero-order valence-corrected chi connectivity index (χ0v) is 16.3. The van der Waals surface area contributed by atoms with E-state index >= 15 is 0 Å². The molecule has 0 aliphatic carbocycles. The monoisotopic (exact) mass is 384 g/mol. The average Bonchev–Trinajstić information content (AvgIpc) is 2.62. The minimum atomic E-state index is -0.573. The summed E-state index contributed by atoms with van der Waals surface area (Å²) in [7, 11) is 1.53. The van der Waals surface area contributed by atoms with Crippen LogP contribution in [0.2, 0.25) is 0 Å². The lowest BCUT2D eigenvalue weighted by Crippen LogP contribution is -2.32. The van der Waals surface area contributed by atoms with Crippen molar-refractivity contribution in [1.82, 2.24) is 0 Å². The second-order valence-corrected chi connectivity index (χ2v) is 6.21. The van der Waals surface area contributed by atoms with E-state index in [0.717, 1.165) is 0 Å². The third kappa shape index (κ3) is 6.01. The number of carbonyl (C=O) groups excluding carboxylic acids is 3. The molecular weight excluding hydrogens is 360 g/mol. The van der Waals surface area contributed by atoms with Crippen LogP contribution in [-0.2, 0) is 14.4 Å². The van der Waals surface area contributed by atoms with Gasteiger partial charge in [-0.3, -0.25) is 14.4 Å². The molecule has 0 unspecified atom stereocenters. The molecule has 2 aromatic rings. The standard InChI is InChI=1S/C20H24N4O4/c1-12(20(27)24-16-7-5-15(6-8-16)22-13(2)25)21-18-11-17(23-14(3)26)9-10-19(18)28-4/h5-12,21H,1-4H3,(H,22,25)(H,23,26)(H,24,27)/t12-/m1/s1. The quantitative estimate of drug-likeness (QED) is 0.587. The van der Waals surface area contributed by atoms with E-state index in [1.165, 1.54) is 21.0 Å². The number of amides is 3. The SMILES string of the molecule is COc1ccc(NC(C)=O)cc1N[C@H](C)C(=O)Nc1ccc(NC(C)=O)cc1. The molecule has 0 spiro atoms. The fraction of sp³-hybridized carbons (Fsp3) is 0.250. The van der Waals surface area contributed by atoms with Crippen LogP contribution in [0.5, 0.6) is 5.75 Å². The third-order valence-corrected chi connectivity index (χ3v) is 3.76. The molecule has 2 rings (SSSR count). The summed E-state index contributed by atoms with van der Waals surface area (Å²) in [6.45, 7) is 4.56. The predicted molar refractivity (Wildman–Crippen MR) is 110 cm³/mol. The van der Waals surface area contributed by atoms with Crippen molar-refractivity contribution in [3.8, 4) is 5.75 Å². The highest BCUT2D eigenvalue weighted by molar-refractivity contribution is 5.97. The van der Waals surface area contributed by atoms with Crippen molar-refractivity contribution in [2.45, 2.75) is 26.8 Å². The van der Waals surface area contributed by atoms with Gasteiger partial charge in [-0.2, -0.15) is 0 Å². The first kappa shape index (κ1) is 20.8. The molecule has 8 nitrogen and oxygen atoms in total. The lowest BCUT2D eigenvalue weighted by molar-refractivity contribution is -0.117. The minimum Gasteiger partial charge on any atom is -0.495 e. The highest BCUT2D eigenvalue weighted by Gasteiger charge is 2.15. The highest BCUT2D eigenvalue weighted by Crippen LogP contribution is 2.28. The number of anilines is 4. The molecule has 148 valence electrons. The maximum Gasteiger partial charge on any atom is 0.246 e. The molecular formula is C20H24N4O4. The number of rotatable bonds is 7. The van der Waals surface area contributed by atoms with Crippen LogP contribution < -0.4 is 26.0 Å². The van der Waals surface area contributed by atoms with Gasteiger partial charge in [0.15, 0.2) is 0 Å². The number of hydrogen-bond acceptors (Lipinski definition) is 5. The topological polar surface area (TPSA) is 109 Å². The molecule has 0 fully saturated rings. The van der Waals surface area contributed by atoms with E-state index in [1.807, 2.05) is 0 Å². The normalized spacial score (nSPS) is 11.1. The molecule has 0 aromatic heterocycles. The number of methoxy groups -OCH3 is 1. The van der Waals surface area contributed by atoms with Crippen molar-refractivity contribution in [2.24, 2.45) is 0 Å². The summed E-state index contributed by atoms with van der Waals surface area (Å²) in [4.78, 5) is 34.8. The summed E-state index contributed by atoms with van der Waals surface area (Å²) in [5.41, 5.74) is 2.43. The molecule has 3 amide bonds. The number of ether oxygens (including phenoxy) is 1. The zero-order chi connectivity index (χ0) is 20.7. The van der Waals surface area contributed by atoms with E-state index in [0.29, 0.717) is 28.5 Å². The van der Waals surface area contributed by atoms with E-state index < -0.39 is 6.04 Å². The predicted octanol–water partition coefficient (Wildman–Crippen LogP) is 3.05. The second kappa shape index (κ2) is 9.40. The maximum absolute atomic E-state index is 12.5. The van der Waals surface area contributed by atoms with Gasteiger partial charge in [0.05, 0.1) is 12.8 Å². The van der Waals surface area contributed by atoms with E-state index in [9.17, 15) is 14.4 Å². The number of carbonyl (C=O) groups is 3. The minimum absolute atomic E-state index is 0.162. The first-order valence-corrected chi connectivity index (χ1v) is 8.69. The Labute approximate surface area is 163 Å². The molecule has 0 saturated heterocycles. The van der Waals surface area contributed by atoms with Crippen LogP contribution in [0.3, 0.4) is 0 Å². The van der Waals surface area contributed by atoms with E-state index in [2.05, 4.69) is 21.3 Å². The lowest BCUT2D eigenvalue weighted by atomic mass is 10.2. The summed E-state index contributed by atoms with van der Waals surface area (Å²) in [6, 6.07) is 11.4. The van der Waals surface area contributed by atoms with Crippen LogP contribution in [0.15, 0.2) is 42.5 Å². The molecule has 2 aromatic carbocycles. The van der Waals surface area contributed by atoms with Crippen LogP contribution in [0.4, 0.5) is 22.7 Å². The largest absolute Gasteiger partial charge is 0.495 e. The van der Waals surface area contributed by atoms with Crippen LogP contribution in [-0.4, -0.2) is 30.9 Å². The Morgan fingerprint density at radius 1 is 0.821 bits per heavy atom. The first-order chi connectivity index (χ1) is 13.3. The number of benzene rings is 2. The third-order valence-electron chi connectivity index (χ3n) is 3.76. The van der Waals surface area contributed by atoms with Gasteiger partial charge in [-0.1, -0.05) is 0 Å². The van der Waals surface area contributed by atoms with E-state index in [4.69, 9.17) is 4.74 Å². The summed E-state index contributed by atoms with van der Waals surface area (Å²) in [5, 5.41) is 11.2. The van der Waals surface area contributed by atoms with Crippen molar-refractivity contribution >= 4 is 40.5 Å². The fourth-order valence-electron chi connectivity index (χ4n) is 2.49. The highest BCUT2D eigenvalue weighted by atomic mass is 16.5. The molecule has 0 aliphatic heterocycles. The fourth-order valence-corrected chi connectivity index (χ4v) is 2.49. The van der Waals surface area contributed by atoms with Gasteiger partial charge < -0.3 is 26.0 Å². The lowest BCUT2D eigenvalue weighted by Gasteiger charge is -2.18. The molecule has 28 heavy (non-hydrogen) atoms. The van der Waals surface area contributed by atoms with Crippen molar-refractivity contribution in [3.05, 3.63) is 42.5 Å². The van der Waals surface area contributed by atoms with Gasteiger partial charge in [0.1, 0.15) is 11.8 Å². The maximum atomic E-state index is 12.5. The van der Waals surface area contributed by atoms with Crippen molar-refractivity contribution < 1.29 is 19.1 Å². The van der Waals surface area contributed by atoms with Gasteiger partial charge in [0.25, 0.3) is 0 Å². The molecule has 0 heterocycles. The summed E-state index contributed by atoms with van der Waals surface area (Å²) in [5.74, 6) is -0.0534. The van der Waals surface area contributed by atoms with Gasteiger partial charge in [0, 0.05) is 30.9 Å². The van der Waals surface area contributed by atoms with Crippen molar-refractivity contribution in [3.63, 3.8) is 0 Å². The first-order valence-electron chi connectivity index (χ1n) is 8.69. The Kier molecular flexibility index (Phi) is 6.97. The van der Waals surface area contributed by atoms with Crippen LogP contribution in [0.1, 0.15) is 20.8 Å².